The molecule has 1 unspecified atom stereocenters. The van der Waals surface area contributed by atoms with Gasteiger partial charge >= 0.3 is 0 Å². The molecule has 0 bridgehead atoms. The Bertz CT molecular complexity index is 846. The molecule has 3 rings (SSSR count). The molecule has 2 N–H and O–H groups in total. The van der Waals surface area contributed by atoms with Gasteiger partial charge in [-0.25, -0.2) is 15.0 Å². The summed E-state index contributed by atoms with van der Waals surface area (Å²) in [5, 5.41) is -0.190. The molecule has 1 atom stereocenters. The van der Waals surface area contributed by atoms with Crippen molar-refractivity contribution in [2.45, 2.75) is 19.9 Å². The van der Waals surface area contributed by atoms with Crippen molar-refractivity contribution in [2.75, 3.05) is 5.73 Å². The molecule has 0 amide bonds. The lowest BCUT2D eigenvalue weighted by Gasteiger charge is -2.08. The van der Waals surface area contributed by atoms with Crippen LogP contribution >= 0.6 is 12.6 Å². The van der Waals surface area contributed by atoms with Gasteiger partial charge in [0.15, 0.2) is 16.6 Å². The van der Waals surface area contributed by atoms with Gasteiger partial charge in [0.05, 0.1) is 12.9 Å². The van der Waals surface area contributed by atoms with Gasteiger partial charge in [0, 0.05) is 12.3 Å². The van der Waals surface area contributed by atoms with Crippen molar-refractivity contribution >= 4 is 34.7 Å². The maximum Gasteiger partial charge on any atom is 0.189 e. The topological polar surface area (TPSA) is 86.7 Å². The average Bonchev–Trinajstić information content (AvgIpc) is 2.92. The number of aromatic nitrogens is 4. The third kappa shape index (κ3) is 3.34. The number of hydrogen-bond acceptors (Lipinski definition) is 5. The highest BCUT2D eigenvalue weighted by Crippen LogP contribution is 2.19. The highest BCUT2D eigenvalue weighted by atomic mass is 32.1. The first-order valence-corrected chi connectivity index (χ1v) is 7.73. The van der Waals surface area contributed by atoms with E-state index in [0.717, 1.165) is 5.56 Å². The van der Waals surface area contributed by atoms with E-state index in [0.29, 0.717) is 35.8 Å². The number of nitrogens with two attached hydrogens (primary N) is 1. The molecule has 0 aliphatic heterocycles. The maximum absolute atomic E-state index is 11.3. The number of nitrogens with zero attached hydrogens (tertiary/aromatic N) is 4. The van der Waals surface area contributed by atoms with E-state index in [-0.39, 0.29) is 11.0 Å². The zero-order valence-corrected chi connectivity index (χ0v) is 13.6. The van der Waals surface area contributed by atoms with Gasteiger partial charge in [0.25, 0.3) is 0 Å². The number of benzene rings is 1. The van der Waals surface area contributed by atoms with Crippen LogP contribution in [0.3, 0.4) is 0 Å². The Morgan fingerprint density at radius 1 is 1.30 bits per heavy atom. The Labute approximate surface area is 139 Å². The van der Waals surface area contributed by atoms with E-state index in [9.17, 15) is 4.79 Å². The van der Waals surface area contributed by atoms with E-state index < -0.39 is 0 Å². The summed E-state index contributed by atoms with van der Waals surface area (Å²) in [6.07, 6.45) is 2.11. The minimum absolute atomic E-state index is 0.190. The monoisotopic (exact) mass is 327 g/mol. The number of fused-ring (bicyclic) bond motifs is 1. The molecule has 7 heteroatoms. The largest absolute Gasteiger partial charge is 0.382 e. The van der Waals surface area contributed by atoms with Crippen molar-refractivity contribution in [2.24, 2.45) is 5.92 Å². The Kier molecular flexibility index (Phi) is 4.29. The smallest absolute Gasteiger partial charge is 0.189 e. The first-order chi connectivity index (χ1) is 11.0. The molecule has 0 saturated heterocycles. The van der Waals surface area contributed by atoms with Crippen molar-refractivity contribution < 1.29 is 4.79 Å². The van der Waals surface area contributed by atoms with Crippen molar-refractivity contribution in [1.82, 2.24) is 19.5 Å². The molecule has 6 nitrogen and oxygen atoms in total. The van der Waals surface area contributed by atoms with Crippen LogP contribution in [0.2, 0.25) is 0 Å². The second kappa shape index (κ2) is 6.37. The Morgan fingerprint density at radius 3 is 2.74 bits per heavy atom. The molecule has 2 aromatic heterocycles. The lowest BCUT2D eigenvalue weighted by atomic mass is 10.1. The molecule has 1 aromatic carbocycles. The number of carbonyl (C=O) groups is 1. The summed E-state index contributed by atoms with van der Waals surface area (Å²) in [6.45, 7) is 2.44. The van der Waals surface area contributed by atoms with Crippen LogP contribution in [0.1, 0.15) is 18.3 Å². The van der Waals surface area contributed by atoms with E-state index >= 15 is 0 Å². The van der Waals surface area contributed by atoms with Crippen LogP contribution in [0.5, 0.6) is 0 Å². The van der Waals surface area contributed by atoms with E-state index in [1.54, 1.807) is 13.3 Å². The van der Waals surface area contributed by atoms with Crippen molar-refractivity contribution in [3.63, 3.8) is 0 Å². The molecule has 3 aromatic rings. The summed E-state index contributed by atoms with van der Waals surface area (Å²) in [7, 11) is 0. The van der Waals surface area contributed by atoms with Gasteiger partial charge in [-0.05, 0) is 5.56 Å². The van der Waals surface area contributed by atoms with Gasteiger partial charge in [-0.15, -0.1) is 12.6 Å². The second-order valence-electron chi connectivity index (χ2n) is 5.50. The average molecular weight is 327 g/mol. The molecule has 2 heterocycles. The third-order valence-corrected chi connectivity index (χ3v) is 4.08. The fourth-order valence-corrected chi connectivity index (χ4v) is 2.45. The molecule has 0 saturated carbocycles. The number of nitrogen functional groups attached to an aromatic ring is 1. The van der Waals surface area contributed by atoms with Gasteiger partial charge in [0.1, 0.15) is 11.3 Å². The van der Waals surface area contributed by atoms with Crippen molar-refractivity contribution in [3.8, 4) is 0 Å². The second-order valence-corrected chi connectivity index (χ2v) is 5.94. The fraction of sp³-hybridized carbons (Fsp3) is 0.250. The molecule has 23 heavy (non-hydrogen) atoms. The SMILES string of the molecule is CC(Cc1nc(N)c2ncn(Cc3ccccc3)c2n1)C(=O)S. The van der Waals surface area contributed by atoms with E-state index in [2.05, 4.69) is 27.6 Å². The summed E-state index contributed by atoms with van der Waals surface area (Å²) < 4.78 is 1.93. The number of hydrogen-bond donors (Lipinski definition) is 2. The highest BCUT2D eigenvalue weighted by Gasteiger charge is 2.16. The Hall–Kier alpha value is -2.41. The van der Waals surface area contributed by atoms with Gasteiger partial charge in [0.2, 0.25) is 0 Å². The molecule has 0 spiro atoms. The lowest BCUT2D eigenvalue weighted by molar-refractivity contribution is -0.113. The summed E-state index contributed by atoms with van der Waals surface area (Å²) in [5.41, 5.74) is 8.38. The molecular weight excluding hydrogens is 310 g/mol. The number of rotatable bonds is 5. The van der Waals surface area contributed by atoms with Crippen LogP contribution in [0.15, 0.2) is 36.7 Å². The molecule has 0 fully saturated rings. The third-order valence-electron chi connectivity index (χ3n) is 3.64. The summed E-state index contributed by atoms with van der Waals surface area (Å²) in [5.74, 6) is 0.594. The first kappa shape index (κ1) is 15.5. The quantitative estimate of drug-likeness (QED) is 0.701. The van der Waals surface area contributed by atoms with Gasteiger partial charge in [-0.3, -0.25) is 4.79 Å². The van der Waals surface area contributed by atoms with Gasteiger partial charge in [-0.2, -0.15) is 0 Å². The number of anilines is 1. The maximum atomic E-state index is 11.3. The van der Waals surface area contributed by atoms with E-state index in [1.165, 1.54) is 0 Å². The van der Waals surface area contributed by atoms with E-state index in [4.69, 9.17) is 5.73 Å². The number of thiol groups is 1. The summed E-state index contributed by atoms with van der Waals surface area (Å²) in [6, 6.07) is 10.0. The summed E-state index contributed by atoms with van der Waals surface area (Å²) in [4.78, 5) is 24.4. The van der Waals surface area contributed by atoms with Crippen LogP contribution < -0.4 is 5.73 Å². The highest BCUT2D eigenvalue weighted by molar-refractivity contribution is 7.96. The molecule has 0 aliphatic rings. The van der Waals surface area contributed by atoms with Crippen LogP contribution in [-0.4, -0.2) is 24.6 Å². The predicted octanol–water partition coefficient (Wildman–Crippen LogP) is 2.09. The van der Waals surface area contributed by atoms with Crippen LogP contribution in [0, 0.1) is 5.92 Å². The predicted molar refractivity (Wildman–Crippen MR) is 92.1 cm³/mol. The minimum atomic E-state index is -0.263. The molecule has 0 aliphatic carbocycles. The molecular formula is C16H17N5OS. The zero-order valence-electron chi connectivity index (χ0n) is 12.7. The number of carbonyl (C=O) groups excluding carboxylic acids is 1. The Morgan fingerprint density at radius 2 is 2.04 bits per heavy atom. The summed E-state index contributed by atoms with van der Waals surface area (Å²) >= 11 is 3.85. The minimum Gasteiger partial charge on any atom is -0.382 e. The van der Waals surface area contributed by atoms with Gasteiger partial charge in [-0.1, -0.05) is 37.3 Å². The zero-order chi connectivity index (χ0) is 16.4. The lowest BCUT2D eigenvalue weighted by Crippen LogP contribution is -2.12. The van der Waals surface area contributed by atoms with Crippen LogP contribution in [0.25, 0.3) is 11.2 Å². The van der Waals surface area contributed by atoms with Crippen molar-refractivity contribution in [3.05, 3.63) is 48.0 Å². The molecule has 118 valence electrons. The van der Waals surface area contributed by atoms with Crippen molar-refractivity contribution in [1.29, 1.82) is 0 Å². The number of imidazole rings is 1. The normalized spacial score (nSPS) is 12.4. The molecule has 0 radical (unpaired) electrons. The van der Waals surface area contributed by atoms with Crippen LogP contribution in [0.4, 0.5) is 5.82 Å². The van der Waals surface area contributed by atoms with Gasteiger partial charge < -0.3 is 10.3 Å². The van der Waals surface area contributed by atoms with E-state index in [1.807, 2.05) is 34.9 Å². The fourth-order valence-electron chi connectivity index (χ4n) is 2.36. The van der Waals surface area contributed by atoms with Crippen LogP contribution in [-0.2, 0) is 17.8 Å². The Balaban J connectivity index is 1.97. The first-order valence-electron chi connectivity index (χ1n) is 7.28. The standard InChI is InChI=1S/C16H17N5OS/c1-10(16(22)23)7-12-19-14(17)13-15(20-12)21(9-18-13)8-11-5-3-2-4-6-11/h2-6,9-10H,7-8H2,1H3,(H,22,23)(H2,17,19,20).